The van der Waals surface area contributed by atoms with Crippen molar-refractivity contribution in [2.45, 2.75) is 34.2 Å². The number of hydrogen-bond donors (Lipinski definition) is 1. The number of amides is 2. The van der Waals surface area contributed by atoms with Gasteiger partial charge in [0.2, 0.25) is 11.8 Å². The molecule has 1 unspecified atom stereocenters. The Labute approximate surface area is 185 Å². The van der Waals surface area contributed by atoms with Crippen LogP contribution in [0.1, 0.15) is 18.9 Å². The monoisotopic (exact) mass is 467 g/mol. The van der Waals surface area contributed by atoms with E-state index in [1.54, 1.807) is 0 Å². The van der Waals surface area contributed by atoms with Crippen molar-refractivity contribution in [3.05, 3.63) is 42.0 Å². The number of thioether (sulfide) groups is 1. The van der Waals surface area contributed by atoms with Gasteiger partial charge in [0, 0.05) is 20.1 Å². The van der Waals surface area contributed by atoms with E-state index in [0.29, 0.717) is 5.69 Å². The number of carbonyl (C=O) groups excluding carboxylic acids is 2. The summed E-state index contributed by atoms with van der Waals surface area (Å²) < 4.78 is 26.9. The summed E-state index contributed by atoms with van der Waals surface area (Å²) in [5.74, 6) is -0.276. The maximum atomic E-state index is 12.6. The fraction of sp³-hybridized carbons (Fsp3) is 0.400. The summed E-state index contributed by atoms with van der Waals surface area (Å²) in [4.78, 5) is 26.4. The molecule has 2 aromatic rings. The number of nitrogens with zero attached hydrogens (tertiary/aromatic N) is 2. The maximum Gasteiger partial charge on any atom is 0.252 e. The van der Waals surface area contributed by atoms with Crippen molar-refractivity contribution < 1.29 is 18.0 Å². The van der Waals surface area contributed by atoms with Gasteiger partial charge in [0.25, 0.3) is 10.0 Å². The van der Waals surface area contributed by atoms with Crippen LogP contribution in [-0.4, -0.2) is 57.0 Å². The Morgan fingerprint density at radius 2 is 1.97 bits per heavy atom. The lowest BCUT2D eigenvalue weighted by Gasteiger charge is -2.26. The molecule has 1 aliphatic rings. The van der Waals surface area contributed by atoms with E-state index in [1.807, 2.05) is 25.1 Å². The number of aryl methyl sites for hydroxylation is 1. The third-order valence-corrected chi connectivity index (χ3v) is 9.38. The molecular weight excluding hydrogens is 442 g/mol. The highest BCUT2D eigenvalue weighted by atomic mass is 32.3. The number of rotatable bonds is 8. The van der Waals surface area contributed by atoms with Crippen molar-refractivity contribution in [3.63, 3.8) is 0 Å². The number of anilines is 1. The fourth-order valence-corrected chi connectivity index (χ4v) is 6.95. The molecule has 0 fully saturated rings. The number of sulfonamides is 1. The zero-order valence-electron chi connectivity index (χ0n) is 17.1. The van der Waals surface area contributed by atoms with Gasteiger partial charge in [0.1, 0.15) is 10.8 Å². The zero-order valence-corrected chi connectivity index (χ0v) is 19.6. The van der Waals surface area contributed by atoms with Crippen LogP contribution in [0, 0.1) is 0 Å². The molecule has 162 valence electrons. The largest absolute Gasteiger partial charge is 0.352 e. The zero-order chi connectivity index (χ0) is 21.9. The standard InChI is InChI=1S/C20H25N3O4S3/c1-14(9-10-15-7-5-4-6-8-15)21-17(24)12-23-16-11-19(30(26,27)22(2)3)29-20(16)28-13-18(23)25/h4-8,11,14H,9-10,12-13H2,1-3H3,(H,21,24). The van der Waals surface area contributed by atoms with Gasteiger partial charge in [0.15, 0.2) is 0 Å². The lowest BCUT2D eigenvalue weighted by molar-refractivity contribution is -0.123. The average Bonchev–Trinajstić information content (AvgIpc) is 3.15. The van der Waals surface area contributed by atoms with E-state index in [4.69, 9.17) is 0 Å². The highest BCUT2D eigenvalue weighted by Crippen LogP contribution is 2.43. The predicted molar refractivity (Wildman–Crippen MR) is 121 cm³/mol. The Hall–Kier alpha value is -1.88. The van der Waals surface area contributed by atoms with E-state index in [1.165, 1.54) is 42.4 Å². The average molecular weight is 468 g/mol. The number of hydrogen-bond acceptors (Lipinski definition) is 6. The second-order valence-electron chi connectivity index (χ2n) is 7.29. The molecule has 30 heavy (non-hydrogen) atoms. The van der Waals surface area contributed by atoms with E-state index >= 15 is 0 Å². The first-order valence-corrected chi connectivity index (χ1v) is 12.8. The van der Waals surface area contributed by atoms with Crippen LogP contribution in [0.3, 0.4) is 0 Å². The van der Waals surface area contributed by atoms with E-state index in [0.717, 1.165) is 32.7 Å². The van der Waals surface area contributed by atoms with Gasteiger partial charge in [-0.2, -0.15) is 0 Å². The summed E-state index contributed by atoms with van der Waals surface area (Å²) in [6.07, 6.45) is 1.64. The minimum atomic E-state index is -3.59. The molecule has 2 amide bonds. The maximum absolute atomic E-state index is 12.6. The van der Waals surface area contributed by atoms with Gasteiger partial charge in [-0.3, -0.25) is 9.59 Å². The number of fused-ring (bicyclic) bond motifs is 1. The molecule has 0 radical (unpaired) electrons. The molecule has 1 aromatic heterocycles. The summed E-state index contributed by atoms with van der Waals surface area (Å²) in [7, 11) is -0.660. The molecule has 1 N–H and O–H groups in total. The quantitative estimate of drug-likeness (QED) is 0.645. The Morgan fingerprint density at radius 1 is 1.27 bits per heavy atom. The van der Waals surface area contributed by atoms with E-state index < -0.39 is 10.0 Å². The van der Waals surface area contributed by atoms with Crippen LogP contribution in [0.15, 0.2) is 44.8 Å². The molecule has 1 aliphatic heterocycles. The SMILES string of the molecule is CC(CCc1ccccc1)NC(=O)CN1C(=O)CSc2sc(S(=O)(=O)N(C)C)cc21. The minimum Gasteiger partial charge on any atom is -0.352 e. The normalized spacial score (nSPS) is 15.2. The van der Waals surface area contributed by atoms with Gasteiger partial charge in [-0.25, -0.2) is 12.7 Å². The van der Waals surface area contributed by atoms with Crippen molar-refractivity contribution in [1.29, 1.82) is 0 Å². The molecule has 0 aliphatic carbocycles. The van der Waals surface area contributed by atoms with E-state index in [-0.39, 0.29) is 34.4 Å². The van der Waals surface area contributed by atoms with Gasteiger partial charge in [-0.1, -0.05) is 30.3 Å². The Morgan fingerprint density at radius 3 is 2.63 bits per heavy atom. The molecule has 7 nitrogen and oxygen atoms in total. The highest BCUT2D eigenvalue weighted by Gasteiger charge is 2.32. The van der Waals surface area contributed by atoms with Crippen LogP contribution in [0.2, 0.25) is 0 Å². The molecule has 1 atom stereocenters. The van der Waals surface area contributed by atoms with Crippen molar-refractivity contribution in [3.8, 4) is 0 Å². The second-order valence-corrected chi connectivity index (χ2v) is 12.0. The molecule has 0 saturated carbocycles. The summed E-state index contributed by atoms with van der Waals surface area (Å²) in [5.41, 5.74) is 1.70. The first kappa shape index (κ1) is 22.8. The third kappa shape index (κ3) is 5.23. The number of nitrogens with one attached hydrogen (secondary N) is 1. The van der Waals surface area contributed by atoms with Crippen LogP contribution in [0.5, 0.6) is 0 Å². The first-order chi connectivity index (χ1) is 14.2. The van der Waals surface area contributed by atoms with Crippen LogP contribution < -0.4 is 10.2 Å². The number of benzene rings is 1. The van der Waals surface area contributed by atoms with Gasteiger partial charge in [-0.05, 0) is 31.4 Å². The van der Waals surface area contributed by atoms with Gasteiger partial charge < -0.3 is 10.2 Å². The first-order valence-electron chi connectivity index (χ1n) is 9.51. The summed E-state index contributed by atoms with van der Waals surface area (Å²) >= 11 is 2.44. The highest BCUT2D eigenvalue weighted by molar-refractivity contribution is 8.02. The Bertz CT molecular complexity index is 1020. The lowest BCUT2D eigenvalue weighted by Crippen LogP contribution is -2.45. The van der Waals surface area contributed by atoms with Crippen molar-refractivity contribution in [2.24, 2.45) is 0 Å². The van der Waals surface area contributed by atoms with Gasteiger partial charge >= 0.3 is 0 Å². The number of thiophene rings is 1. The van der Waals surface area contributed by atoms with Crippen LogP contribution in [0.4, 0.5) is 5.69 Å². The molecule has 0 saturated heterocycles. The molecule has 3 rings (SSSR count). The lowest BCUT2D eigenvalue weighted by atomic mass is 10.1. The summed E-state index contributed by atoms with van der Waals surface area (Å²) in [6.45, 7) is 1.81. The van der Waals surface area contributed by atoms with Crippen LogP contribution in [0.25, 0.3) is 0 Å². The van der Waals surface area contributed by atoms with E-state index in [9.17, 15) is 18.0 Å². The molecule has 0 spiro atoms. The van der Waals surface area contributed by atoms with E-state index in [2.05, 4.69) is 17.4 Å². The minimum absolute atomic E-state index is 0.0430. The summed E-state index contributed by atoms with van der Waals surface area (Å²) in [5, 5.41) is 2.94. The van der Waals surface area contributed by atoms with Gasteiger partial charge in [0.05, 0.1) is 15.6 Å². The van der Waals surface area contributed by atoms with Crippen molar-refractivity contribution >= 4 is 50.6 Å². The topological polar surface area (TPSA) is 86.8 Å². The molecule has 0 bridgehead atoms. The van der Waals surface area contributed by atoms with Gasteiger partial charge in [-0.15, -0.1) is 23.1 Å². The van der Waals surface area contributed by atoms with Crippen LogP contribution in [-0.2, 0) is 26.0 Å². The molecule has 2 heterocycles. The Balaban J connectivity index is 1.65. The molecular formula is C20H25N3O4S3. The smallest absolute Gasteiger partial charge is 0.252 e. The van der Waals surface area contributed by atoms with Crippen LogP contribution >= 0.6 is 23.1 Å². The molecule has 10 heteroatoms. The third-order valence-electron chi connectivity index (χ3n) is 4.73. The second kappa shape index (κ2) is 9.51. The predicted octanol–water partition coefficient (Wildman–Crippen LogP) is 2.57. The number of carbonyl (C=O) groups is 2. The molecule has 1 aromatic carbocycles. The fourth-order valence-electron chi connectivity index (χ4n) is 3.02. The van der Waals surface area contributed by atoms with Crippen molar-refractivity contribution in [1.82, 2.24) is 9.62 Å². The Kier molecular flexibility index (Phi) is 7.22. The summed E-state index contributed by atoms with van der Waals surface area (Å²) in [6, 6.07) is 11.5. The van der Waals surface area contributed by atoms with Crippen molar-refractivity contribution in [2.75, 3.05) is 31.3 Å².